The number of aryl methyl sites for hydroxylation is 1. The van der Waals surface area contributed by atoms with Crippen molar-refractivity contribution in [1.82, 2.24) is 4.90 Å². The van der Waals surface area contributed by atoms with Crippen molar-refractivity contribution < 1.29 is 19.1 Å². The lowest BCUT2D eigenvalue weighted by Gasteiger charge is -2.36. The van der Waals surface area contributed by atoms with Gasteiger partial charge in [-0.15, -0.1) is 0 Å². The maximum absolute atomic E-state index is 14.1. The molecule has 3 amide bonds. The highest BCUT2D eigenvalue weighted by Crippen LogP contribution is 2.61. The van der Waals surface area contributed by atoms with Gasteiger partial charge in [-0.25, -0.2) is 4.90 Å². The third-order valence-corrected chi connectivity index (χ3v) is 8.88. The Labute approximate surface area is 206 Å². The Morgan fingerprint density at radius 2 is 1.85 bits per heavy atom. The van der Waals surface area contributed by atoms with E-state index in [1.807, 2.05) is 19.9 Å². The number of imide groups is 1. The van der Waals surface area contributed by atoms with Crippen molar-refractivity contribution >= 4 is 52.3 Å². The molecule has 0 aliphatic carbocycles. The summed E-state index contributed by atoms with van der Waals surface area (Å²) in [5.74, 6) is -2.07. The smallest absolute Gasteiger partial charge is 0.250 e. The molecule has 0 saturated carbocycles. The molecule has 2 aromatic carbocycles. The highest BCUT2D eigenvalue weighted by Gasteiger charge is 2.74. The summed E-state index contributed by atoms with van der Waals surface area (Å²) in [4.78, 5) is 45.2. The van der Waals surface area contributed by atoms with Gasteiger partial charge in [0.2, 0.25) is 17.7 Å². The number of methoxy groups -OCH3 is 1. The normalized spacial score (nSPS) is 29.6. The number of halogens is 2. The fourth-order valence-corrected chi connectivity index (χ4v) is 6.93. The fourth-order valence-electron chi connectivity index (χ4n) is 6.61. The van der Waals surface area contributed by atoms with E-state index < -0.39 is 17.4 Å². The van der Waals surface area contributed by atoms with Crippen LogP contribution >= 0.6 is 23.2 Å². The van der Waals surface area contributed by atoms with Gasteiger partial charge in [0.1, 0.15) is 11.3 Å². The largest absolute Gasteiger partial charge is 0.495 e. The molecule has 6 rings (SSSR count). The van der Waals surface area contributed by atoms with Gasteiger partial charge in [0.05, 0.1) is 30.3 Å². The molecule has 3 saturated heterocycles. The van der Waals surface area contributed by atoms with Crippen LogP contribution in [-0.2, 0) is 19.9 Å². The number of carbonyl (C=O) groups is 3. The van der Waals surface area contributed by atoms with E-state index in [0.29, 0.717) is 33.7 Å². The Balaban J connectivity index is 1.57. The van der Waals surface area contributed by atoms with Crippen LogP contribution in [0.5, 0.6) is 5.75 Å². The molecule has 2 aromatic rings. The second-order valence-electron chi connectivity index (χ2n) is 9.51. The maximum Gasteiger partial charge on any atom is 0.250 e. The summed E-state index contributed by atoms with van der Waals surface area (Å²) in [5.41, 5.74) is 1.96. The zero-order valence-corrected chi connectivity index (χ0v) is 20.5. The molecule has 4 heterocycles. The van der Waals surface area contributed by atoms with E-state index >= 15 is 0 Å². The highest BCUT2D eigenvalue weighted by atomic mass is 35.5. The number of anilines is 2. The van der Waals surface area contributed by atoms with Crippen LogP contribution in [0.15, 0.2) is 24.3 Å². The van der Waals surface area contributed by atoms with Gasteiger partial charge in [-0.1, -0.05) is 29.3 Å². The molecule has 3 fully saturated rings. The molecule has 1 N–H and O–H groups in total. The molecule has 0 bridgehead atoms. The lowest BCUT2D eigenvalue weighted by atomic mass is 9.75. The minimum atomic E-state index is -1.24. The summed E-state index contributed by atoms with van der Waals surface area (Å²) < 4.78 is 5.49. The zero-order valence-electron chi connectivity index (χ0n) is 18.9. The predicted octanol–water partition coefficient (Wildman–Crippen LogP) is 4.05. The van der Waals surface area contributed by atoms with Gasteiger partial charge in [-0.2, -0.15) is 0 Å². The number of hydrogen-bond acceptors (Lipinski definition) is 5. The van der Waals surface area contributed by atoms with E-state index in [-0.39, 0.29) is 23.8 Å². The van der Waals surface area contributed by atoms with Crippen LogP contribution in [0.3, 0.4) is 0 Å². The molecule has 7 nitrogen and oxygen atoms in total. The van der Waals surface area contributed by atoms with Crippen LogP contribution in [0, 0.1) is 25.7 Å². The van der Waals surface area contributed by atoms with Gasteiger partial charge in [-0.3, -0.25) is 19.3 Å². The first kappa shape index (κ1) is 21.9. The van der Waals surface area contributed by atoms with Crippen molar-refractivity contribution in [2.24, 2.45) is 11.8 Å². The predicted molar refractivity (Wildman–Crippen MR) is 128 cm³/mol. The van der Waals surface area contributed by atoms with Crippen molar-refractivity contribution in [3.8, 4) is 5.75 Å². The lowest BCUT2D eigenvalue weighted by molar-refractivity contribution is -0.135. The minimum Gasteiger partial charge on any atom is -0.495 e. The Hall–Kier alpha value is -2.61. The van der Waals surface area contributed by atoms with Gasteiger partial charge in [0.25, 0.3) is 0 Å². The van der Waals surface area contributed by atoms with Crippen LogP contribution in [0.4, 0.5) is 11.4 Å². The van der Waals surface area contributed by atoms with Crippen LogP contribution in [0.2, 0.25) is 10.0 Å². The molecular formula is C25H23Cl2N3O4. The maximum atomic E-state index is 14.1. The van der Waals surface area contributed by atoms with E-state index in [9.17, 15) is 14.4 Å². The fraction of sp³-hybridized carbons (Fsp3) is 0.400. The number of ether oxygens (including phenoxy) is 1. The average molecular weight is 500 g/mol. The number of amides is 3. The van der Waals surface area contributed by atoms with Crippen LogP contribution in [0.25, 0.3) is 0 Å². The van der Waals surface area contributed by atoms with E-state index in [4.69, 9.17) is 27.9 Å². The molecule has 0 radical (unpaired) electrons. The van der Waals surface area contributed by atoms with Crippen molar-refractivity contribution in [2.45, 2.75) is 38.3 Å². The number of benzene rings is 2. The molecule has 4 aliphatic rings. The molecule has 4 aliphatic heterocycles. The Morgan fingerprint density at radius 1 is 1.09 bits per heavy atom. The van der Waals surface area contributed by atoms with E-state index in [0.717, 1.165) is 29.5 Å². The van der Waals surface area contributed by atoms with Crippen molar-refractivity contribution in [2.75, 3.05) is 23.9 Å². The first-order chi connectivity index (χ1) is 16.2. The summed E-state index contributed by atoms with van der Waals surface area (Å²) in [6, 6.07) is 6.71. The zero-order chi connectivity index (χ0) is 24.1. The quantitative estimate of drug-likeness (QED) is 0.630. The molecule has 1 spiro atoms. The third-order valence-electron chi connectivity index (χ3n) is 8.06. The number of nitrogens with zero attached hydrogens (tertiary/aromatic N) is 2. The molecule has 0 aromatic heterocycles. The molecule has 4 atom stereocenters. The highest BCUT2D eigenvalue weighted by molar-refractivity contribution is 6.33. The summed E-state index contributed by atoms with van der Waals surface area (Å²) in [6.45, 7) is 4.31. The van der Waals surface area contributed by atoms with E-state index in [2.05, 4.69) is 10.2 Å². The Kier molecular flexibility index (Phi) is 4.63. The minimum absolute atomic E-state index is 0.196. The standard InChI is InChI=1S/C25H23Cl2N3O4/c1-11-9-17(18(34-3)10-15(11)27)30-22(31)19-16-5-4-8-29(16)25(20(19)23(30)32)13-6-7-14(26)12(2)21(13)28-24(25)33/h6-7,9-10,16,19-20H,4-5,8H2,1-3H3,(H,28,33). The number of fused-ring (bicyclic) bond motifs is 7. The van der Waals surface area contributed by atoms with Crippen LogP contribution in [-0.4, -0.2) is 42.3 Å². The molecular weight excluding hydrogens is 477 g/mol. The summed E-state index contributed by atoms with van der Waals surface area (Å²) in [7, 11) is 1.48. The first-order valence-electron chi connectivity index (χ1n) is 11.3. The first-order valence-corrected chi connectivity index (χ1v) is 12.1. The van der Waals surface area contributed by atoms with Gasteiger partial charge >= 0.3 is 0 Å². The molecule has 176 valence electrons. The SMILES string of the molecule is COc1cc(Cl)c(C)cc1N1C(=O)C2C3CCCN3C3(C(=O)Nc4c3ccc(Cl)c4C)C2C1=O. The molecule has 9 heteroatoms. The van der Waals surface area contributed by atoms with Gasteiger partial charge in [0, 0.05) is 27.7 Å². The summed E-state index contributed by atoms with van der Waals surface area (Å²) >= 11 is 12.6. The number of nitrogens with one attached hydrogen (secondary N) is 1. The van der Waals surface area contributed by atoms with Crippen LogP contribution in [0.1, 0.15) is 29.5 Å². The third kappa shape index (κ3) is 2.45. The lowest BCUT2D eigenvalue weighted by Crippen LogP contribution is -2.54. The van der Waals surface area contributed by atoms with Crippen molar-refractivity contribution in [3.05, 3.63) is 51.0 Å². The average Bonchev–Trinajstić information content (AvgIpc) is 3.51. The second-order valence-corrected chi connectivity index (χ2v) is 10.3. The Morgan fingerprint density at radius 3 is 2.59 bits per heavy atom. The van der Waals surface area contributed by atoms with Gasteiger partial charge < -0.3 is 10.1 Å². The van der Waals surface area contributed by atoms with Gasteiger partial charge in [0.15, 0.2) is 0 Å². The number of hydrogen-bond donors (Lipinski definition) is 1. The van der Waals surface area contributed by atoms with E-state index in [1.165, 1.54) is 12.0 Å². The molecule has 34 heavy (non-hydrogen) atoms. The van der Waals surface area contributed by atoms with Crippen molar-refractivity contribution in [3.63, 3.8) is 0 Å². The second kappa shape index (κ2) is 7.20. The van der Waals surface area contributed by atoms with Crippen LogP contribution < -0.4 is 15.0 Å². The summed E-state index contributed by atoms with van der Waals surface area (Å²) in [5, 5.41) is 4.03. The number of rotatable bonds is 2. The molecule has 4 unspecified atom stereocenters. The van der Waals surface area contributed by atoms with Crippen molar-refractivity contribution in [1.29, 1.82) is 0 Å². The monoisotopic (exact) mass is 499 g/mol. The topological polar surface area (TPSA) is 79.0 Å². The van der Waals surface area contributed by atoms with E-state index in [1.54, 1.807) is 18.2 Å². The number of carbonyl (C=O) groups excluding carboxylic acids is 3. The summed E-state index contributed by atoms with van der Waals surface area (Å²) in [6.07, 6.45) is 1.61. The van der Waals surface area contributed by atoms with Gasteiger partial charge in [-0.05, 0) is 56.5 Å². The Bertz CT molecular complexity index is 1310.